The van der Waals surface area contributed by atoms with E-state index in [1.165, 1.54) is 18.5 Å². The van der Waals surface area contributed by atoms with Crippen LogP contribution in [0.2, 0.25) is 0 Å². The first-order chi connectivity index (χ1) is 8.38. The Kier molecular flexibility index (Phi) is 4.76. The van der Waals surface area contributed by atoms with E-state index in [-0.39, 0.29) is 0 Å². The minimum absolute atomic E-state index is 0.671. The number of hydrogen-bond acceptors (Lipinski definition) is 4. The molecule has 0 radical (unpaired) electrons. The Hall–Kier alpha value is -1.13. The molecule has 1 aromatic heterocycles. The van der Waals surface area contributed by atoms with E-state index >= 15 is 0 Å². The SMILES string of the molecule is CCOc1cc(CN2CCCNCC2)ccn1. The highest BCUT2D eigenvalue weighted by molar-refractivity contribution is 5.20. The van der Waals surface area contributed by atoms with E-state index in [1.807, 2.05) is 19.2 Å². The average molecular weight is 235 g/mol. The van der Waals surface area contributed by atoms with Crippen LogP contribution in [0.5, 0.6) is 5.88 Å². The summed E-state index contributed by atoms with van der Waals surface area (Å²) < 4.78 is 5.42. The molecule has 0 bridgehead atoms. The van der Waals surface area contributed by atoms with Crippen molar-refractivity contribution in [2.24, 2.45) is 0 Å². The molecule has 2 rings (SSSR count). The largest absolute Gasteiger partial charge is 0.478 e. The van der Waals surface area contributed by atoms with Crippen molar-refractivity contribution in [3.63, 3.8) is 0 Å². The van der Waals surface area contributed by atoms with Crippen LogP contribution in [0.3, 0.4) is 0 Å². The molecule has 1 N–H and O–H groups in total. The molecular weight excluding hydrogens is 214 g/mol. The fourth-order valence-corrected chi connectivity index (χ4v) is 2.09. The summed E-state index contributed by atoms with van der Waals surface area (Å²) in [6, 6.07) is 4.11. The van der Waals surface area contributed by atoms with Gasteiger partial charge in [-0.1, -0.05) is 0 Å². The van der Waals surface area contributed by atoms with Gasteiger partial charge in [0.2, 0.25) is 5.88 Å². The van der Waals surface area contributed by atoms with Crippen LogP contribution in [0.1, 0.15) is 18.9 Å². The van der Waals surface area contributed by atoms with Gasteiger partial charge in [0, 0.05) is 31.9 Å². The molecule has 0 amide bonds. The summed E-state index contributed by atoms with van der Waals surface area (Å²) in [5.41, 5.74) is 1.28. The van der Waals surface area contributed by atoms with Gasteiger partial charge in [0.1, 0.15) is 0 Å². The van der Waals surface area contributed by atoms with Crippen LogP contribution in [-0.4, -0.2) is 42.7 Å². The van der Waals surface area contributed by atoms with Crippen LogP contribution in [0.15, 0.2) is 18.3 Å². The second-order valence-corrected chi connectivity index (χ2v) is 4.32. The normalized spacial score (nSPS) is 17.7. The first-order valence-corrected chi connectivity index (χ1v) is 6.39. The Balaban J connectivity index is 1.94. The van der Waals surface area contributed by atoms with Crippen molar-refractivity contribution < 1.29 is 4.74 Å². The van der Waals surface area contributed by atoms with Gasteiger partial charge in [0.25, 0.3) is 0 Å². The third-order valence-corrected chi connectivity index (χ3v) is 2.93. The predicted octanol–water partition coefficient (Wildman–Crippen LogP) is 1.28. The zero-order chi connectivity index (χ0) is 11.9. The van der Waals surface area contributed by atoms with Gasteiger partial charge in [-0.2, -0.15) is 0 Å². The van der Waals surface area contributed by atoms with Crippen molar-refractivity contribution in [2.75, 3.05) is 32.8 Å². The van der Waals surface area contributed by atoms with Crippen molar-refractivity contribution in [1.82, 2.24) is 15.2 Å². The Labute approximate surface area is 103 Å². The molecule has 0 spiro atoms. The van der Waals surface area contributed by atoms with E-state index in [0.29, 0.717) is 6.61 Å². The lowest BCUT2D eigenvalue weighted by molar-refractivity contribution is 0.282. The van der Waals surface area contributed by atoms with E-state index in [2.05, 4.69) is 21.3 Å². The van der Waals surface area contributed by atoms with Gasteiger partial charge in [-0.05, 0) is 38.1 Å². The van der Waals surface area contributed by atoms with Crippen LogP contribution >= 0.6 is 0 Å². The van der Waals surface area contributed by atoms with Gasteiger partial charge >= 0.3 is 0 Å². The van der Waals surface area contributed by atoms with Gasteiger partial charge in [0.15, 0.2) is 0 Å². The monoisotopic (exact) mass is 235 g/mol. The molecule has 1 aliphatic rings. The molecule has 0 atom stereocenters. The van der Waals surface area contributed by atoms with Crippen molar-refractivity contribution in [2.45, 2.75) is 19.9 Å². The zero-order valence-electron chi connectivity index (χ0n) is 10.5. The lowest BCUT2D eigenvalue weighted by Crippen LogP contribution is -2.27. The molecule has 1 saturated heterocycles. The molecule has 0 saturated carbocycles. The van der Waals surface area contributed by atoms with Crippen molar-refractivity contribution >= 4 is 0 Å². The molecule has 2 heterocycles. The number of rotatable bonds is 4. The summed E-state index contributed by atoms with van der Waals surface area (Å²) in [5, 5.41) is 3.42. The summed E-state index contributed by atoms with van der Waals surface area (Å²) in [6.07, 6.45) is 3.06. The number of hydrogen-bond donors (Lipinski definition) is 1. The number of pyridine rings is 1. The van der Waals surface area contributed by atoms with Gasteiger partial charge in [-0.15, -0.1) is 0 Å². The molecule has 1 fully saturated rings. The van der Waals surface area contributed by atoms with E-state index < -0.39 is 0 Å². The van der Waals surface area contributed by atoms with Crippen LogP contribution in [0, 0.1) is 0 Å². The second-order valence-electron chi connectivity index (χ2n) is 4.32. The van der Waals surface area contributed by atoms with Crippen molar-refractivity contribution in [3.8, 4) is 5.88 Å². The summed E-state index contributed by atoms with van der Waals surface area (Å²) >= 11 is 0. The smallest absolute Gasteiger partial charge is 0.213 e. The molecule has 0 aliphatic carbocycles. The van der Waals surface area contributed by atoms with Gasteiger partial charge in [0.05, 0.1) is 6.61 Å². The number of ether oxygens (including phenoxy) is 1. The first-order valence-electron chi connectivity index (χ1n) is 6.39. The molecule has 4 heteroatoms. The number of nitrogens with zero attached hydrogens (tertiary/aromatic N) is 2. The summed E-state index contributed by atoms with van der Waals surface area (Å²) in [5.74, 6) is 0.734. The molecule has 94 valence electrons. The summed E-state index contributed by atoms with van der Waals surface area (Å²) in [4.78, 5) is 6.66. The zero-order valence-corrected chi connectivity index (χ0v) is 10.5. The third-order valence-electron chi connectivity index (χ3n) is 2.93. The first kappa shape index (κ1) is 12.3. The second kappa shape index (κ2) is 6.57. The Morgan fingerprint density at radius 3 is 3.24 bits per heavy atom. The van der Waals surface area contributed by atoms with E-state index in [1.54, 1.807) is 0 Å². The maximum Gasteiger partial charge on any atom is 0.213 e. The van der Waals surface area contributed by atoms with E-state index in [9.17, 15) is 0 Å². The standard InChI is InChI=1S/C13H21N3O/c1-2-17-13-10-12(4-6-15-13)11-16-8-3-5-14-7-9-16/h4,6,10,14H,2-3,5,7-9,11H2,1H3. The van der Waals surface area contributed by atoms with Crippen molar-refractivity contribution in [1.29, 1.82) is 0 Å². The van der Waals surface area contributed by atoms with E-state index in [0.717, 1.165) is 32.1 Å². The topological polar surface area (TPSA) is 37.4 Å². The molecular formula is C13H21N3O. The third kappa shape index (κ3) is 3.98. The van der Waals surface area contributed by atoms with E-state index in [4.69, 9.17) is 4.74 Å². The summed E-state index contributed by atoms with van der Waals surface area (Å²) in [6.45, 7) is 8.15. The van der Waals surface area contributed by atoms with Crippen LogP contribution in [0.4, 0.5) is 0 Å². The lowest BCUT2D eigenvalue weighted by Gasteiger charge is -2.19. The van der Waals surface area contributed by atoms with Crippen LogP contribution in [-0.2, 0) is 6.54 Å². The maximum absolute atomic E-state index is 5.42. The quantitative estimate of drug-likeness (QED) is 0.853. The predicted molar refractivity (Wildman–Crippen MR) is 68.2 cm³/mol. The average Bonchev–Trinajstić information content (AvgIpc) is 2.59. The Bertz CT molecular complexity index is 335. The van der Waals surface area contributed by atoms with Crippen LogP contribution < -0.4 is 10.1 Å². The highest BCUT2D eigenvalue weighted by Gasteiger charge is 2.09. The molecule has 0 aromatic carbocycles. The molecule has 17 heavy (non-hydrogen) atoms. The molecule has 4 nitrogen and oxygen atoms in total. The van der Waals surface area contributed by atoms with Crippen molar-refractivity contribution in [3.05, 3.63) is 23.9 Å². The number of aromatic nitrogens is 1. The number of nitrogens with one attached hydrogen (secondary N) is 1. The maximum atomic E-state index is 5.42. The highest BCUT2D eigenvalue weighted by Crippen LogP contribution is 2.12. The highest BCUT2D eigenvalue weighted by atomic mass is 16.5. The van der Waals surface area contributed by atoms with Gasteiger partial charge < -0.3 is 10.1 Å². The fraction of sp³-hybridized carbons (Fsp3) is 0.615. The van der Waals surface area contributed by atoms with Gasteiger partial charge in [-0.3, -0.25) is 4.90 Å². The summed E-state index contributed by atoms with van der Waals surface area (Å²) in [7, 11) is 0. The minimum Gasteiger partial charge on any atom is -0.478 e. The molecule has 1 aromatic rings. The van der Waals surface area contributed by atoms with Gasteiger partial charge in [-0.25, -0.2) is 4.98 Å². The lowest BCUT2D eigenvalue weighted by atomic mass is 10.2. The Morgan fingerprint density at radius 1 is 1.41 bits per heavy atom. The molecule has 1 aliphatic heterocycles. The Morgan fingerprint density at radius 2 is 2.35 bits per heavy atom. The minimum atomic E-state index is 0.671. The fourth-order valence-electron chi connectivity index (χ4n) is 2.09. The van der Waals surface area contributed by atoms with Crippen LogP contribution in [0.25, 0.3) is 0 Å². The molecule has 0 unspecified atom stereocenters.